The molecular formula is C21H28FN3O2. The number of amides is 1. The molecule has 27 heavy (non-hydrogen) atoms. The second-order valence-corrected chi connectivity index (χ2v) is 7.77. The second-order valence-electron chi connectivity index (χ2n) is 7.77. The van der Waals surface area contributed by atoms with Crippen molar-refractivity contribution in [1.29, 1.82) is 0 Å². The van der Waals surface area contributed by atoms with Gasteiger partial charge in [0.1, 0.15) is 17.3 Å². The standard InChI is InChI=1S/C21H28FN3O2/c1-15(2)11-18-12-20(24(3)23-18)21(26)25-10-4-5-16(13-25)14-27-19-8-6-17(22)7-9-19/h6-9,12,15-16H,4-5,10-11,13-14H2,1-3H3/t16-/m0/s1. The summed E-state index contributed by atoms with van der Waals surface area (Å²) in [5.41, 5.74) is 1.61. The summed E-state index contributed by atoms with van der Waals surface area (Å²) in [6, 6.07) is 7.97. The number of halogens is 1. The predicted octanol–water partition coefficient (Wildman–Crippen LogP) is 3.69. The Balaban J connectivity index is 1.59. The van der Waals surface area contributed by atoms with Crippen molar-refractivity contribution in [3.63, 3.8) is 0 Å². The minimum absolute atomic E-state index is 0.0338. The molecule has 2 aromatic rings. The molecule has 5 nitrogen and oxygen atoms in total. The van der Waals surface area contributed by atoms with Crippen molar-refractivity contribution in [3.05, 3.63) is 47.5 Å². The van der Waals surface area contributed by atoms with Crippen LogP contribution in [0.3, 0.4) is 0 Å². The molecule has 0 spiro atoms. The predicted molar refractivity (Wildman–Crippen MR) is 102 cm³/mol. The molecule has 1 aromatic carbocycles. The van der Waals surface area contributed by atoms with Gasteiger partial charge in [-0.3, -0.25) is 9.48 Å². The molecule has 0 saturated carbocycles. The highest BCUT2D eigenvalue weighted by atomic mass is 19.1. The van der Waals surface area contributed by atoms with Gasteiger partial charge in [-0.15, -0.1) is 0 Å². The number of carbonyl (C=O) groups is 1. The van der Waals surface area contributed by atoms with E-state index in [4.69, 9.17) is 4.74 Å². The molecule has 0 unspecified atom stereocenters. The second kappa shape index (κ2) is 8.55. The monoisotopic (exact) mass is 373 g/mol. The summed E-state index contributed by atoms with van der Waals surface area (Å²) in [7, 11) is 1.83. The van der Waals surface area contributed by atoms with E-state index < -0.39 is 0 Å². The topological polar surface area (TPSA) is 47.4 Å². The summed E-state index contributed by atoms with van der Waals surface area (Å²) in [6.07, 6.45) is 2.85. The van der Waals surface area contributed by atoms with Crippen molar-refractivity contribution in [2.45, 2.75) is 33.1 Å². The van der Waals surface area contributed by atoms with E-state index >= 15 is 0 Å². The van der Waals surface area contributed by atoms with Crippen LogP contribution in [0.1, 0.15) is 42.9 Å². The smallest absolute Gasteiger partial charge is 0.272 e. The zero-order valence-corrected chi connectivity index (χ0v) is 16.3. The number of ether oxygens (including phenoxy) is 1. The van der Waals surface area contributed by atoms with Gasteiger partial charge < -0.3 is 9.64 Å². The van der Waals surface area contributed by atoms with E-state index in [0.717, 1.165) is 31.5 Å². The Bertz CT molecular complexity index is 770. The van der Waals surface area contributed by atoms with Gasteiger partial charge in [-0.25, -0.2) is 4.39 Å². The van der Waals surface area contributed by atoms with Crippen molar-refractivity contribution in [1.82, 2.24) is 14.7 Å². The Kier molecular flexibility index (Phi) is 6.14. The molecule has 1 aliphatic heterocycles. The van der Waals surface area contributed by atoms with Crippen LogP contribution in [0.25, 0.3) is 0 Å². The highest BCUT2D eigenvalue weighted by Gasteiger charge is 2.27. The van der Waals surface area contributed by atoms with Crippen LogP contribution in [0, 0.1) is 17.7 Å². The fourth-order valence-electron chi connectivity index (χ4n) is 3.54. The summed E-state index contributed by atoms with van der Waals surface area (Å²) < 4.78 is 20.5. The van der Waals surface area contributed by atoms with Crippen LogP contribution < -0.4 is 4.74 Å². The Morgan fingerprint density at radius 2 is 2.07 bits per heavy atom. The van der Waals surface area contributed by atoms with E-state index in [1.54, 1.807) is 16.8 Å². The molecule has 0 aliphatic carbocycles. The van der Waals surface area contributed by atoms with E-state index in [9.17, 15) is 9.18 Å². The maximum atomic E-state index is 13.0. The number of aryl methyl sites for hydroxylation is 1. The first-order chi connectivity index (χ1) is 12.9. The quantitative estimate of drug-likeness (QED) is 0.776. The van der Waals surface area contributed by atoms with E-state index in [2.05, 4.69) is 18.9 Å². The van der Waals surface area contributed by atoms with Crippen LogP contribution >= 0.6 is 0 Å². The molecule has 1 aromatic heterocycles. The average Bonchev–Trinajstić information content (AvgIpc) is 3.00. The molecule has 1 saturated heterocycles. The molecule has 1 fully saturated rings. The molecule has 1 amide bonds. The molecule has 146 valence electrons. The van der Waals surface area contributed by atoms with Gasteiger partial charge in [0.2, 0.25) is 0 Å². The third-order valence-electron chi connectivity index (χ3n) is 4.87. The molecule has 6 heteroatoms. The van der Waals surface area contributed by atoms with Crippen LogP contribution in [0.5, 0.6) is 5.75 Å². The first kappa shape index (κ1) is 19.4. The summed E-state index contributed by atoms with van der Waals surface area (Å²) >= 11 is 0. The van der Waals surface area contributed by atoms with Crippen LogP contribution in [0.4, 0.5) is 4.39 Å². The van der Waals surface area contributed by atoms with Crippen LogP contribution in [-0.2, 0) is 13.5 Å². The fourth-order valence-corrected chi connectivity index (χ4v) is 3.54. The molecule has 0 bridgehead atoms. The molecule has 0 N–H and O–H groups in total. The van der Waals surface area contributed by atoms with E-state index in [1.165, 1.54) is 12.1 Å². The Hall–Kier alpha value is -2.37. The number of hydrogen-bond acceptors (Lipinski definition) is 3. The van der Waals surface area contributed by atoms with Crippen molar-refractivity contribution in [3.8, 4) is 5.75 Å². The van der Waals surface area contributed by atoms with Crippen molar-refractivity contribution in [2.75, 3.05) is 19.7 Å². The van der Waals surface area contributed by atoms with Gasteiger partial charge in [0.25, 0.3) is 5.91 Å². The van der Waals surface area contributed by atoms with Gasteiger partial charge in [0.05, 0.1) is 12.3 Å². The molecule has 3 rings (SSSR count). The minimum Gasteiger partial charge on any atom is -0.493 e. The van der Waals surface area contributed by atoms with Crippen molar-refractivity contribution in [2.24, 2.45) is 18.9 Å². The summed E-state index contributed by atoms with van der Waals surface area (Å²) in [6.45, 7) is 6.25. The lowest BCUT2D eigenvalue weighted by atomic mass is 9.98. The fraction of sp³-hybridized carbons (Fsp3) is 0.524. The largest absolute Gasteiger partial charge is 0.493 e. The van der Waals surface area contributed by atoms with Crippen LogP contribution in [0.15, 0.2) is 30.3 Å². The number of carbonyl (C=O) groups excluding carboxylic acids is 1. The first-order valence-corrected chi connectivity index (χ1v) is 9.63. The zero-order valence-electron chi connectivity index (χ0n) is 16.3. The van der Waals surface area contributed by atoms with Crippen molar-refractivity contribution < 1.29 is 13.9 Å². The van der Waals surface area contributed by atoms with Gasteiger partial charge in [0, 0.05) is 26.1 Å². The van der Waals surface area contributed by atoms with Crippen LogP contribution in [-0.4, -0.2) is 40.3 Å². The summed E-state index contributed by atoms with van der Waals surface area (Å²) in [4.78, 5) is 14.9. The summed E-state index contributed by atoms with van der Waals surface area (Å²) in [5, 5.41) is 4.48. The Morgan fingerprint density at radius 3 is 2.78 bits per heavy atom. The Morgan fingerprint density at radius 1 is 1.33 bits per heavy atom. The minimum atomic E-state index is -0.273. The van der Waals surface area contributed by atoms with E-state index in [0.29, 0.717) is 30.5 Å². The molecule has 1 atom stereocenters. The van der Waals surface area contributed by atoms with Gasteiger partial charge in [-0.05, 0) is 55.5 Å². The SMILES string of the molecule is CC(C)Cc1cc(C(=O)N2CCC[C@H](COc3ccc(F)cc3)C2)n(C)n1. The zero-order chi connectivity index (χ0) is 19.4. The summed E-state index contributed by atoms with van der Waals surface area (Å²) in [5.74, 6) is 1.20. The maximum Gasteiger partial charge on any atom is 0.272 e. The van der Waals surface area contributed by atoms with E-state index in [-0.39, 0.29) is 17.6 Å². The van der Waals surface area contributed by atoms with Gasteiger partial charge in [0.15, 0.2) is 0 Å². The average molecular weight is 373 g/mol. The molecule has 1 aliphatic rings. The number of piperidine rings is 1. The Labute approximate surface area is 160 Å². The lowest BCUT2D eigenvalue weighted by molar-refractivity contribution is 0.0622. The normalized spacial score (nSPS) is 17.4. The lowest BCUT2D eigenvalue weighted by Crippen LogP contribution is -2.42. The number of benzene rings is 1. The third-order valence-corrected chi connectivity index (χ3v) is 4.87. The number of likely N-dealkylation sites (tertiary alicyclic amines) is 1. The molecule has 0 radical (unpaired) electrons. The molecule has 2 heterocycles. The first-order valence-electron chi connectivity index (χ1n) is 9.63. The third kappa shape index (κ3) is 5.08. The van der Waals surface area contributed by atoms with E-state index in [1.807, 2.05) is 18.0 Å². The number of nitrogens with zero attached hydrogens (tertiary/aromatic N) is 3. The highest BCUT2D eigenvalue weighted by Crippen LogP contribution is 2.21. The molecular weight excluding hydrogens is 345 g/mol. The highest BCUT2D eigenvalue weighted by molar-refractivity contribution is 5.92. The van der Waals surface area contributed by atoms with Crippen molar-refractivity contribution >= 4 is 5.91 Å². The van der Waals surface area contributed by atoms with Gasteiger partial charge in [-0.2, -0.15) is 5.10 Å². The number of hydrogen-bond donors (Lipinski definition) is 0. The lowest BCUT2D eigenvalue weighted by Gasteiger charge is -2.32. The maximum absolute atomic E-state index is 13.0. The van der Waals surface area contributed by atoms with Crippen LogP contribution in [0.2, 0.25) is 0 Å². The number of aromatic nitrogens is 2. The van der Waals surface area contributed by atoms with Gasteiger partial charge in [-0.1, -0.05) is 13.8 Å². The number of rotatable bonds is 6. The van der Waals surface area contributed by atoms with Gasteiger partial charge >= 0.3 is 0 Å².